The van der Waals surface area contributed by atoms with Gasteiger partial charge >= 0.3 is 0 Å². The van der Waals surface area contributed by atoms with Crippen LogP contribution in [0.4, 0.5) is 0 Å². The average molecular weight is 253 g/mol. The zero-order valence-corrected chi connectivity index (χ0v) is 10.9. The van der Waals surface area contributed by atoms with Crippen molar-refractivity contribution >= 4 is 16.2 Å². The molecule has 7 heteroatoms. The summed E-state index contributed by atoms with van der Waals surface area (Å²) in [5.74, 6) is 0.132. The number of allylic oxidation sites excluding steroid dienone is 1. The van der Waals surface area contributed by atoms with Crippen molar-refractivity contribution in [3.8, 4) is 0 Å². The lowest BCUT2D eigenvalue weighted by Gasteiger charge is -2.22. The van der Waals surface area contributed by atoms with Crippen LogP contribution in [0.15, 0.2) is 12.7 Å². The van der Waals surface area contributed by atoms with Crippen molar-refractivity contribution in [1.82, 2.24) is 0 Å². The van der Waals surface area contributed by atoms with Gasteiger partial charge in [0.05, 0.1) is 41.2 Å². The van der Waals surface area contributed by atoms with E-state index in [1.54, 1.807) is 0 Å². The maximum atomic E-state index is 10.7. The summed E-state index contributed by atoms with van der Waals surface area (Å²) >= 11 is 0. The largest absolute Gasteiger partial charge is 0.726 e. The van der Waals surface area contributed by atoms with Crippen LogP contribution in [0.2, 0.25) is 0 Å². The highest BCUT2D eigenvalue weighted by Gasteiger charge is 2.07. The van der Waals surface area contributed by atoms with Gasteiger partial charge in [0.1, 0.15) is 0 Å². The van der Waals surface area contributed by atoms with Crippen LogP contribution in [-0.4, -0.2) is 58.0 Å². The summed E-state index contributed by atoms with van der Waals surface area (Å²) in [5, 5.41) is 0. The summed E-state index contributed by atoms with van der Waals surface area (Å²) in [5.41, 5.74) is 0. The molecule has 0 aliphatic rings. The molecule has 0 amide bonds. The van der Waals surface area contributed by atoms with Gasteiger partial charge < -0.3 is 9.04 Å². The Bertz CT molecular complexity index is 315. The first-order valence-electron chi connectivity index (χ1n) is 4.49. The highest BCUT2D eigenvalue weighted by molar-refractivity contribution is 7.80. The van der Waals surface area contributed by atoms with Crippen LogP contribution < -0.4 is 0 Å². The smallest absolute Gasteiger partial charge is 0.217 e. The van der Waals surface area contributed by atoms with Gasteiger partial charge in [0.15, 0.2) is 5.78 Å². The van der Waals surface area contributed by atoms with Crippen LogP contribution in [0.3, 0.4) is 0 Å². The molecule has 16 heavy (non-hydrogen) atoms. The molecule has 0 aromatic carbocycles. The molecular formula is C9H19NO5S. The maximum Gasteiger partial charge on any atom is 0.217 e. The summed E-state index contributed by atoms with van der Waals surface area (Å²) in [6.45, 7) is 4.28. The van der Waals surface area contributed by atoms with Gasteiger partial charge in [-0.2, -0.15) is 0 Å². The quantitative estimate of drug-likeness (QED) is 0.296. The normalized spacial score (nSPS) is 11.3. The Balaban J connectivity index is 0. The van der Waals surface area contributed by atoms with E-state index < -0.39 is 10.4 Å². The minimum atomic E-state index is -4.41. The predicted molar refractivity (Wildman–Crippen MR) is 59.4 cm³/mol. The summed E-state index contributed by atoms with van der Waals surface area (Å²) < 4.78 is 31.9. The van der Waals surface area contributed by atoms with E-state index in [1.165, 1.54) is 6.08 Å². The van der Waals surface area contributed by atoms with Crippen molar-refractivity contribution in [3.05, 3.63) is 12.7 Å². The highest BCUT2D eigenvalue weighted by atomic mass is 32.3. The lowest BCUT2D eigenvalue weighted by molar-refractivity contribution is -0.869. The molecule has 0 radical (unpaired) electrons. The molecular weight excluding hydrogens is 234 g/mol. The third kappa shape index (κ3) is 18.9. The number of carbonyl (C=O) groups excluding carboxylic acids is 1. The molecule has 0 heterocycles. The maximum absolute atomic E-state index is 10.7. The number of hydrogen-bond acceptors (Lipinski definition) is 5. The molecule has 6 nitrogen and oxygen atoms in total. The first kappa shape index (κ1) is 17.6. The summed E-state index contributed by atoms with van der Waals surface area (Å²) in [4.78, 5) is 10.7. The fraction of sp³-hybridized carbons (Fsp3) is 0.667. The van der Waals surface area contributed by atoms with Crippen LogP contribution in [0.25, 0.3) is 0 Å². The monoisotopic (exact) mass is 253 g/mol. The fourth-order valence-corrected chi connectivity index (χ4v) is 0.548. The van der Waals surface area contributed by atoms with Gasteiger partial charge in [-0.05, 0) is 6.08 Å². The van der Waals surface area contributed by atoms with Crippen molar-refractivity contribution in [2.75, 3.05) is 34.8 Å². The van der Waals surface area contributed by atoms with Gasteiger partial charge in [0, 0.05) is 0 Å². The SMILES string of the molecule is C=CC(=O)CC[N+](C)(C)C.COS(=O)(=O)[O-]. The Kier molecular flexibility index (Phi) is 8.27. The number of rotatable bonds is 5. The molecule has 0 bridgehead atoms. The fourth-order valence-electron chi connectivity index (χ4n) is 0.548. The van der Waals surface area contributed by atoms with Gasteiger partial charge in [-0.3, -0.25) is 8.98 Å². The summed E-state index contributed by atoms with van der Waals surface area (Å²) in [6, 6.07) is 0. The van der Waals surface area contributed by atoms with Crippen molar-refractivity contribution < 1.29 is 26.4 Å². The van der Waals surface area contributed by atoms with Crippen LogP contribution in [0.5, 0.6) is 0 Å². The number of ketones is 1. The van der Waals surface area contributed by atoms with E-state index >= 15 is 0 Å². The molecule has 0 aliphatic carbocycles. The van der Waals surface area contributed by atoms with Crippen molar-refractivity contribution in [1.29, 1.82) is 0 Å². The third-order valence-corrected chi connectivity index (χ3v) is 1.87. The van der Waals surface area contributed by atoms with Gasteiger partial charge in [-0.25, -0.2) is 8.42 Å². The van der Waals surface area contributed by atoms with Crippen molar-refractivity contribution in [3.63, 3.8) is 0 Å². The second-order valence-corrected chi connectivity index (χ2v) is 5.16. The molecule has 0 atom stereocenters. The Morgan fingerprint density at radius 3 is 2.00 bits per heavy atom. The third-order valence-electron chi connectivity index (χ3n) is 1.46. The Labute approximate surface area is 97.1 Å². The van der Waals surface area contributed by atoms with Gasteiger partial charge in [-0.1, -0.05) is 6.58 Å². The van der Waals surface area contributed by atoms with Crippen molar-refractivity contribution in [2.45, 2.75) is 6.42 Å². The molecule has 0 spiro atoms. The van der Waals surface area contributed by atoms with Gasteiger partial charge in [0.2, 0.25) is 10.4 Å². The van der Waals surface area contributed by atoms with E-state index in [1.807, 2.05) is 0 Å². The Hall–Kier alpha value is -0.760. The molecule has 0 rings (SSSR count). The minimum absolute atomic E-state index is 0.132. The van der Waals surface area contributed by atoms with Crippen LogP contribution in [-0.2, 0) is 19.4 Å². The summed E-state index contributed by atoms with van der Waals surface area (Å²) in [7, 11) is 2.59. The predicted octanol–water partition coefficient (Wildman–Crippen LogP) is -0.0692. The molecule has 0 fully saturated rings. The van der Waals surface area contributed by atoms with Crippen LogP contribution in [0.1, 0.15) is 6.42 Å². The Morgan fingerprint density at radius 2 is 1.81 bits per heavy atom. The number of hydrogen-bond donors (Lipinski definition) is 0. The highest BCUT2D eigenvalue weighted by Crippen LogP contribution is 1.94. The molecule has 0 unspecified atom stereocenters. The lowest BCUT2D eigenvalue weighted by atomic mass is 10.2. The van der Waals surface area contributed by atoms with E-state index in [4.69, 9.17) is 0 Å². The van der Waals surface area contributed by atoms with E-state index in [9.17, 15) is 17.8 Å². The van der Waals surface area contributed by atoms with Crippen LogP contribution >= 0.6 is 0 Å². The van der Waals surface area contributed by atoms with Crippen LogP contribution in [0, 0.1) is 0 Å². The number of carbonyl (C=O) groups is 1. The molecule has 0 aromatic heterocycles. The topological polar surface area (TPSA) is 83.5 Å². The molecule has 0 aliphatic heterocycles. The molecule has 0 saturated heterocycles. The molecule has 0 saturated carbocycles. The van der Waals surface area contributed by atoms with Crippen molar-refractivity contribution in [2.24, 2.45) is 0 Å². The second-order valence-electron chi connectivity index (χ2n) is 4.01. The second kappa shape index (κ2) is 7.50. The number of quaternary nitrogens is 1. The zero-order valence-electron chi connectivity index (χ0n) is 10.1. The summed E-state index contributed by atoms with van der Waals surface area (Å²) in [6.07, 6.45) is 1.99. The van der Waals surface area contributed by atoms with Gasteiger partial charge in [0.25, 0.3) is 0 Å². The zero-order chi connectivity index (χ0) is 13.4. The van der Waals surface area contributed by atoms with Gasteiger partial charge in [-0.15, -0.1) is 0 Å². The minimum Gasteiger partial charge on any atom is -0.726 e. The standard InChI is InChI=1S/C8H16NO.CH4O4S/c1-5-8(10)6-7-9(2,3)4;1-5-6(2,3)4/h5H,1,6-7H2,2-4H3;1H3,(H,2,3,4)/q+1;/p-1. The lowest BCUT2D eigenvalue weighted by Crippen LogP contribution is -2.36. The number of nitrogens with zero attached hydrogens (tertiary/aromatic N) is 1. The van der Waals surface area contributed by atoms with E-state index in [2.05, 4.69) is 31.9 Å². The molecule has 0 N–H and O–H groups in total. The van der Waals surface area contributed by atoms with E-state index in [-0.39, 0.29) is 5.78 Å². The molecule has 0 aromatic rings. The first-order chi connectivity index (χ1) is 7.02. The molecule has 96 valence electrons. The van der Waals surface area contributed by atoms with E-state index in [0.29, 0.717) is 6.42 Å². The first-order valence-corrected chi connectivity index (χ1v) is 5.82. The average Bonchev–Trinajstić information content (AvgIpc) is 2.13. The Morgan fingerprint density at radius 1 is 1.44 bits per heavy atom. The van der Waals surface area contributed by atoms with E-state index in [0.717, 1.165) is 18.1 Å².